The SMILES string of the molecule is CC(C)OCCOCC(O)CN[C@H](C)c1ccccc1F. The van der Waals surface area contributed by atoms with Crippen molar-refractivity contribution in [3.8, 4) is 0 Å². The van der Waals surface area contributed by atoms with Crippen LogP contribution in [-0.2, 0) is 9.47 Å². The first-order chi connectivity index (χ1) is 10.0. The highest BCUT2D eigenvalue weighted by Crippen LogP contribution is 2.15. The van der Waals surface area contributed by atoms with E-state index in [-0.39, 0.29) is 24.6 Å². The Morgan fingerprint density at radius 3 is 2.57 bits per heavy atom. The van der Waals surface area contributed by atoms with Crippen LogP contribution in [0.2, 0.25) is 0 Å². The lowest BCUT2D eigenvalue weighted by Gasteiger charge is -2.18. The Balaban J connectivity index is 2.18. The predicted octanol–water partition coefficient (Wildman–Crippen LogP) is 2.28. The maximum absolute atomic E-state index is 13.6. The Labute approximate surface area is 126 Å². The summed E-state index contributed by atoms with van der Waals surface area (Å²) < 4.78 is 24.2. The molecule has 120 valence electrons. The quantitative estimate of drug-likeness (QED) is 0.651. The number of aliphatic hydroxyl groups is 1. The molecule has 0 fully saturated rings. The van der Waals surface area contributed by atoms with Crippen molar-refractivity contribution in [1.82, 2.24) is 5.32 Å². The van der Waals surface area contributed by atoms with Gasteiger partial charge >= 0.3 is 0 Å². The van der Waals surface area contributed by atoms with Crippen molar-refractivity contribution in [3.63, 3.8) is 0 Å². The van der Waals surface area contributed by atoms with Crippen LogP contribution in [0.3, 0.4) is 0 Å². The molecular formula is C16H26FNO3. The lowest BCUT2D eigenvalue weighted by molar-refractivity contribution is -0.0104. The van der Waals surface area contributed by atoms with Crippen molar-refractivity contribution in [3.05, 3.63) is 35.6 Å². The second-order valence-corrected chi connectivity index (χ2v) is 5.30. The molecule has 0 saturated heterocycles. The van der Waals surface area contributed by atoms with Gasteiger partial charge < -0.3 is 19.9 Å². The van der Waals surface area contributed by atoms with Gasteiger partial charge in [-0.05, 0) is 26.8 Å². The Morgan fingerprint density at radius 2 is 1.90 bits per heavy atom. The van der Waals surface area contributed by atoms with E-state index >= 15 is 0 Å². The second kappa shape index (κ2) is 9.84. The highest BCUT2D eigenvalue weighted by molar-refractivity contribution is 5.20. The minimum atomic E-state index is -0.627. The van der Waals surface area contributed by atoms with Gasteiger partial charge in [-0.25, -0.2) is 4.39 Å². The zero-order valence-corrected chi connectivity index (χ0v) is 13.0. The van der Waals surface area contributed by atoms with E-state index in [1.807, 2.05) is 20.8 Å². The van der Waals surface area contributed by atoms with E-state index in [9.17, 15) is 9.50 Å². The third kappa shape index (κ3) is 7.52. The number of hydrogen-bond acceptors (Lipinski definition) is 4. The minimum Gasteiger partial charge on any atom is -0.389 e. The smallest absolute Gasteiger partial charge is 0.127 e. The molecule has 1 rings (SSSR count). The van der Waals surface area contributed by atoms with Gasteiger partial charge in [-0.2, -0.15) is 0 Å². The molecule has 21 heavy (non-hydrogen) atoms. The molecule has 0 saturated carbocycles. The van der Waals surface area contributed by atoms with Gasteiger partial charge in [0.2, 0.25) is 0 Å². The van der Waals surface area contributed by atoms with E-state index in [1.165, 1.54) is 6.07 Å². The minimum absolute atomic E-state index is 0.162. The molecule has 1 unspecified atom stereocenters. The van der Waals surface area contributed by atoms with Gasteiger partial charge in [0.1, 0.15) is 5.82 Å². The van der Waals surface area contributed by atoms with Gasteiger partial charge in [-0.15, -0.1) is 0 Å². The van der Waals surface area contributed by atoms with Crippen molar-refractivity contribution in [1.29, 1.82) is 0 Å². The first kappa shape index (κ1) is 18.0. The Kier molecular flexibility index (Phi) is 8.45. The molecule has 5 heteroatoms. The number of benzene rings is 1. The third-order valence-corrected chi connectivity index (χ3v) is 3.02. The summed E-state index contributed by atoms with van der Waals surface area (Å²) >= 11 is 0. The highest BCUT2D eigenvalue weighted by atomic mass is 19.1. The molecule has 2 N–H and O–H groups in total. The lowest BCUT2D eigenvalue weighted by atomic mass is 10.1. The summed E-state index contributed by atoms with van der Waals surface area (Å²) in [5.41, 5.74) is 0.593. The first-order valence-corrected chi connectivity index (χ1v) is 7.36. The molecule has 0 spiro atoms. The van der Waals surface area contributed by atoms with Crippen LogP contribution in [0.15, 0.2) is 24.3 Å². The molecule has 0 amide bonds. The maximum Gasteiger partial charge on any atom is 0.127 e. The first-order valence-electron chi connectivity index (χ1n) is 7.36. The van der Waals surface area contributed by atoms with Crippen LogP contribution >= 0.6 is 0 Å². The number of rotatable bonds is 10. The summed E-state index contributed by atoms with van der Waals surface area (Å²) in [6.07, 6.45) is -0.444. The third-order valence-electron chi connectivity index (χ3n) is 3.02. The summed E-state index contributed by atoms with van der Waals surface area (Å²) in [4.78, 5) is 0. The van der Waals surface area contributed by atoms with Gasteiger partial charge in [-0.3, -0.25) is 0 Å². The van der Waals surface area contributed by atoms with Crippen LogP contribution in [0.5, 0.6) is 0 Å². The number of nitrogens with one attached hydrogen (secondary N) is 1. The van der Waals surface area contributed by atoms with Gasteiger partial charge in [0.15, 0.2) is 0 Å². The fourth-order valence-electron chi connectivity index (χ4n) is 1.87. The molecule has 2 atom stereocenters. The van der Waals surface area contributed by atoms with E-state index < -0.39 is 6.10 Å². The summed E-state index contributed by atoms with van der Waals surface area (Å²) in [6, 6.07) is 6.46. The molecule has 0 aromatic heterocycles. The molecule has 0 radical (unpaired) electrons. The van der Waals surface area contributed by atoms with Crippen molar-refractivity contribution < 1.29 is 19.0 Å². The molecule has 0 aliphatic heterocycles. The van der Waals surface area contributed by atoms with E-state index in [2.05, 4.69) is 5.32 Å². The van der Waals surface area contributed by atoms with Crippen LogP contribution < -0.4 is 5.32 Å². The fraction of sp³-hybridized carbons (Fsp3) is 0.625. The van der Waals surface area contributed by atoms with Crippen LogP contribution in [0, 0.1) is 5.82 Å². The van der Waals surface area contributed by atoms with Crippen LogP contribution in [0.25, 0.3) is 0 Å². The zero-order chi connectivity index (χ0) is 15.7. The topological polar surface area (TPSA) is 50.7 Å². The van der Waals surface area contributed by atoms with Gasteiger partial charge in [0.25, 0.3) is 0 Å². The number of hydrogen-bond donors (Lipinski definition) is 2. The average Bonchev–Trinajstić information content (AvgIpc) is 2.44. The number of aliphatic hydroxyl groups excluding tert-OH is 1. The van der Waals surface area contributed by atoms with Crippen molar-refractivity contribution in [2.45, 2.75) is 39.0 Å². The lowest BCUT2D eigenvalue weighted by Crippen LogP contribution is -2.32. The molecule has 1 aromatic carbocycles. The van der Waals surface area contributed by atoms with E-state index in [0.29, 0.717) is 25.3 Å². The van der Waals surface area contributed by atoms with Crippen molar-refractivity contribution in [2.24, 2.45) is 0 Å². The molecule has 1 aromatic rings. The monoisotopic (exact) mass is 299 g/mol. The van der Waals surface area contributed by atoms with E-state index in [0.717, 1.165) is 0 Å². The predicted molar refractivity (Wildman–Crippen MR) is 80.7 cm³/mol. The van der Waals surface area contributed by atoms with Gasteiger partial charge in [0.05, 0.1) is 32.0 Å². The Morgan fingerprint density at radius 1 is 1.19 bits per heavy atom. The Hall–Kier alpha value is -1.01. The normalized spacial score (nSPS) is 14.4. The molecule has 0 heterocycles. The summed E-state index contributed by atoms with van der Waals surface area (Å²) in [7, 11) is 0. The molecule has 0 bridgehead atoms. The molecule has 0 aliphatic rings. The van der Waals surface area contributed by atoms with E-state index in [1.54, 1.807) is 18.2 Å². The highest BCUT2D eigenvalue weighted by Gasteiger charge is 2.12. The zero-order valence-electron chi connectivity index (χ0n) is 13.0. The summed E-state index contributed by atoms with van der Waals surface area (Å²) in [6.45, 7) is 7.34. The van der Waals surface area contributed by atoms with Crippen LogP contribution in [0.1, 0.15) is 32.4 Å². The van der Waals surface area contributed by atoms with Gasteiger partial charge in [-0.1, -0.05) is 18.2 Å². The van der Waals surface area contributed by atoms with Gasteiger partial charge in [0, 0.05) is 18.2 Å². The largest absolute Gasteiger partial charge is 0.389 e. The Bertz CT molecular complexity index is 401. The number of ether oxygens (including phenoxy) is 2. The summed E-state index contributed by atoms with van der Waals surface area (Å²) in [5, 5.41) is 12.9. The average molecular weight is 299 g/mol. The number of halogens is 1. The standard InChI is InChI=1S/C16H26FNO3/c1-12(2)21-9-8-20-11-14(19)10-18-13(3)15-6-4-5-7-16(15)17/h4-7,12-14,18-19H,8-11H2,1-3H3/t13-,14?/m1/s1. The van der Waals surface area contributed by atoms with Crippen LogP contribution in [-0.4, -0.2) is 43.7 Å². The fourth-order valence-corrected chi connectivity index (χ4v) is 1.87. The van der Waals surface area contributed by atoms with Crippen LogP contribution in [0.4, 0.5) is 4.39 Å². The summed E-state index contributed by atoms with van der Waals surface area (Å²) in [5.74, 6) is -0.242. The van der Waals surface area contributed by atoms with Crippen molar-refractivity contribution in [2.75, 3.05) is 26.4 Å². The molecule has 4 nitrogen and oxygen atoms in total. The van der Waals surface area contributed by atoms with E-state index in [4.69, 9.17) is 9.47 Å². The molecular weight excluding hydrogens is 273 g/mol. The second-order valence-electron chi connectivity index (χ2n) is 5.30. The molecule has 0 aliphatic carbocycles. The van der Waals surface area contributed by atoms with Crippen molar-refractivity contribution >= 4 is 0 Å². The maximum atomic E-state index is 13.6.